The van der Waals surface area contributed by atoms with Crippen molar-refractivity contribution in [3.05, 3.63) is 33.8 Å². The Bertz CT molecular complexity index is 578. The minimum absolute atomic E-state index is 0.384. The van der Waals surface area contributed by atoms with Gasteiger partial charge in [0.15, 0.2) is 0 Å². The lowest BCUT2D eigenvalue weighted by Gasteiger charge is -2.29. The summed E-state index contributed by atoms with van der Waals surface area (Å²) in [4.78, 5) is 12.9. The zero-order chi connectivity index (χ0) is 15.4. The Hall–Kier alpha value is -1.62. The molecule has 0 atom stereocenters. The summed E-state index contributed by atoms with van der Waals surface area (Å²) < 4.78 is 0. The molecule has 4 nitrogen and oxygen atoms in total. The van der Waals surface area contributed by atoms with Crippen LogP contribution in [-0.4, -0.2) is 22.6 Å². The van der Waals surface area contributed by atoms with Gasteiger partial charge in [-0.3, -0.25) is 0 Å². The van der Waals surface area contributed by atoms with Gasteiger partial charge in [-0.2, -0.15) is 0 Å². The lowest BCUT2D eigenvalue weighted by molar-refractivity contribution is 0.671. The fourth-order valence-corrected chi connectivity index (χ4v) is 3.01. The predicted molar refractivity (Wildman–Crippen MR) is 91.3 cm³/mol. The quantitative estimate of drug-likeness (QED) is 0.875. The molecule has 0 amide bonds. The summed E-state index contributed by atoms with van der Waals surface area (Å²) in [6.07, 6.45) is 0. The zero-order valence-electron chi connectivity index (χ0n) is 13.5. The van der Waals surface area contributed by atoms with E-state index in [2.05, 4.69) is 60.4 Å². The first-order chi connectivity index (χ1) is 10.0. The fraction of sp³-hybridized carbons (Fsp3) is 0.500. The van der Waals surface area contributed by atoms with E-state index in [0.717, 1.165) is 36.1 Å². The summed E-state index contributed by atoms with van der Waals surface area (Å²) in [6.45, 7) is 12.3. The third-order valence-electron chi connectivity index (χ3n) is 3.38. The molecule has 0 spiro atoms. The maximum atomic E-state index is 4.70. The van der Waals surface area contributed by atoms with E-state index >= 15 is 0 Å². The Morgan fingerprint density at radius 1 is 1.29 bits per heavy atom. The lowest BCUT2D eigenvalue weighted by Crippen LogP contribution is -2.32. The van der Waals surface area contributed by atoms with E-state index in [1.807, 2.05) is 6.92 Å². The fourth-order valence-electron chi connectivity index (χ4n) is 2.31. The van der Waals surface area contributed by atoms with Crippen LogP contribution >= 0.6 is 11.3 Å². The highest BCUT2D eigenvalue weighted by Crippen LogP contribution is 2.27. The minimum atomic E-state index is 0.384. The number of hydrogen-bond donors (Lipinski definition) is 1. The molecule has 0 saturated carbocycles. The molecule has 21 heavy (non-hydrogen) atoms. The van der Waals surface area contributed by atoms with Gasteiger partial charge in [-0.25, -0.2) is 9.97 Å². The summed E-state index contributed by atoms with van der Waals surface area (Å²) >= 11 is 1.79. The molecule has 0 bridgehead atoms. The van der Waals surface area contributed by atoms with Gasteiger partial charge in [-0.05, 0) is 46.1 Å². The molecule has 0 radical (unpaired) electrons. The van der Waals surface area contributed by atoms with Crippen LogP contribution in [0.25, 0.3) is 0 Å². The summed E-state index contributed by atoms with van der Waals surface area (Å²) in [5.74, 6) is 2.78. The molecule has 1 N–H and O–H groups in total. The van der Waals surface area contributed by atoms with E-state index in [4.69, 9.17) is 4.98 Å². The van der Waals surface area contributed by atoms with Crippen LogP contribution in [0.2, 0.25) is 0 Å². The number of aromatic nitrogens is 2. The molecule has 0 fully saturated rings. The van der Waals surface area contributed by atoms with Gasteiger partial charge in [0.1, 0.15) is 17.5 Å². The van der Waals surface area contributed by atoms with Gasteiger partial charge in [0, 0.05) is 23.0 Å². The molecule has 0 aromatic carbocycles. The molecule has 5 heteroatoms. The average Bonchev–Trinajstić information content (AvgIpc) is 2.93. The van der Waals surface area contributed by atoms with E-state index in [-0.39, 0.29) is 0 Å². The summed E-state index contributed by atoms with van der Waals surface area (Å²) in [6, 6.07) is 4.66. The van der Waals surface area contributed by atoms with Gasteiger partial charge in [-0.15, -0.1) is 11.3 Å². The standard InChI is InChI=1S/C16H24N4S/c1-6-17-15-12(4)16(19-13(5)18-15)20(11(2)3)10-14-8-7-9-21-14/h7-9,11H,6,10H2,1-5H3,(H,17,18,19). The van der Waals surface area contributed by atoms with Crippen LogP contribution < -0.4 is 10.2 Å². The van der Waals surface area contributed by atoms with Crippen molar-refractivity contribution in [3.8, 4) is 0 Å². The summed E-state index contributed by atoms with van der Waals surface area (Å²) in [5, 5.41) is 5.46. The van der Waals surface area contributed by atoms with Crippen molar-refractivity contribution in [3.63, 3.8) is 0 Å². The van der Waals surface area contributed by atoms with Crippen LogP contribution in [-0.2, 0) is 6.54 Å². The van der Waals surface area contributed by atoms with Crippen LogP contribution in [0.15, 0.2) is 17.5 Å². The van der Waals surface area contributed by atoms with Gasteiger partial charge in [0.2, 0.25) is 0 Å². The Morgan fingerprint density at radius 2 is 2.05 bits per heavy atom. The molecular weight excluding hydrogens is 280 g/mol. The van der Waals surface area contributed by atoms with Crippen LogP contribution in [0.5, 0.6) is 0 Å². The highest BCUT2D eigenvalue weighted by atomic mass is 32.1. The Morgan fingerprint density at radius 3 is 2.62 bits per heavy atom. The second kappa shape index (κ2) is 6.89. The third kappa shape index (κ3) is 3.73. The average molecular weight is 304 g/mol. The van der Waals surface area contributed by atoms with Crippen molar-refractivity contribution in [2.45, 2.75) is 47.2 Å². The molecular formula is C16H24N4S. The lowest BCUT2D eigenvalue weighted by atomic mass is 10.2. The topological polar surface area (TPSA) is 41.1 Å². The molecule has 2 aromatic rings. The van der Waals surface area contributed by atoms with Crippen LogP contribution in [0.4, 0.5) is 11.6 Å². The van der Waals surface area contributed by atoms with Crippen LogP contribution in [0, 0.1) is 13.8 Å². The first kappa shape index (κ1) is 15.8. The molecule has 0 aliphatic rings. The minimum Gasteiger partial charge on any atom is -0.370 e. The molecule has 114 valence electrons. The number of rotatable bonds is 6. The predicted octanol–water partition coefficient (Wildman–Crippen LogP) is 4.00. The number of hydrogen-bond acceptors (Lipinski definition) is 5. The maximum absolute atomic E-state index is 4.70. The Labute approximate surface area is 131 Å². The monoisotopic (exact) mass is 304 g/mol. The molecule has 0 aliphatic heterocycles. The van der Waals surface area contributed by atoms with Crippen molar-refractivity contribution < 1.29 is 0 Å². The Balaban J connectivity index is 2.39. The normalized spacial score (nSPS) is 11.0. The Kier molecular flexibility index (Phi) is 5.17. The zero-order valence-corrected chi connectivity index (χ0v) is 14.3. The van der Waals surface area contributed by atoms with Crippen molar-refractivity contribution >= 4 is 23.0 Å². The molecule has 0 aliphatic carbocycles. The molecule has 0 saturated heterocycles. The number of nitrogens with zero attached hydrogens (tertiary/aromatic N) is 3. The van der Waals surface area contributed by atoms with Crippen molar-refractivity contribution in [1.29, 1.82) is 0 Å². The molecule has 2 heterocycles. The molecule has 2 aromatic heterocycles. The second-order valence-electron chi connectivity index (χ2n) is 5.40. The van der Waals surface area contributed by atoms with Gasteiger partial charge in [0.25, 0.3) is 0 Å². The SMILES string of the molecule is CCNc1nc(C)nc(N(Cc2cccs2)C(C)C)c1C. The maximum Gasteiger partial charge on any atom is 0.137 e. The van der Waals surface area contributed by atoms with E-state index in [1.165, 1.54) is 4.88 Å². The molecule has 2 rings (SSSR count). The van der Waals surface area contributed by atoms with E-state index in [0.29, 0.717) is 6.04 Å². The molecule has 0 unspecified atom stereocenters. The largest absolute Gasteiger partial charge is 0.370 e. The first-order valence-electron chi connectivity index (χ1n) is 7.41. The highest BCUT2D eigenvalue weighted by molar-refractivity contribution is 7.09. The van der Waals surface area contributed by atoms with Crippen LogP contribution in [0.3, 0.4) is 0 Å². The van der Waals surface area contributed by atoms with Gasteiger partial charge < -0.3 is 10.2 Å². The number of thiophene rings is 1. The number of nitrogens with one attached hydrogen (secondary N) is 1. The summed E-state index contributed by atoms with van der Waals surface area (Å²) in [5.41, 5.74) is 1.12. The number of aryl methyl sites for hydroxylation is 1. The van der Waals surface area contributed by atoms with Gasteiger partial charge in [-0.1, -0.05) is 6.07 Å². The summed E-state index contributed by atoms with van der Waals surface area (Å²) in [7, 11) is 0. The smallest absolute Gasteiger partial charge is 0.137 e. The first-order valence-corrected chi connectivity index (χ1v) is 8.29. The van der Waals surface area contributed by atoms with Crippen molar-refractivity contribution in [2.75, 3.05) is 16.8 Å². The van der Waals surface area contributed by atoms with Gasteiger partial charge >= 0.3 is 0 Å². The van der Waals surface area contributed by atoms with E-state index in [1.54, 1.807) is 11.3 Å². The van der Waals surface area contributed by atoms with Crippen LogP contribution in [0.1, 0.15) is 37.0 Å². The second-order valence-corrected chi connectivity index (χ2v) is 6.43. The van der Waals surface area contributed by atoms with Gasteiger partial charge in [0.05, 0.1) is 6.54 Å². The van der Waals surface area contributed by atoms with E-state index < -0.39 is 0 Å². The highest BCUT2D eigenvalue weighted by Gasteiger charge is 2.18. The van der Waals surface area contributed by atoms with Crippen molar-refractivity contribution in [2.24, 2.45) is 0 Å². The van der Waals surface area contributed by atoms with E-state index in [9.17, 15) is 0 Å². The van der Waals surface area contributed by atoms with Crippen molar-refractivity contribution in [1.82, 2.24) is 9.97 Å². The number of anilines is 2. The third-order valence-corrected chi connectivity index (χ3v) is 4.24.